The van der Waals surface area contributed by atoms with Gasteiger partial charge >= 0.3 is 5.97 Å². The smallest absolute Gasteiger partial charge is 0.325 e. The number of hydrogen-bond acceptors (Lipinski definition) is 4. The molecular weight excluding hydrogens is 216 g/mol. The van der Waals surface area contributed by atoms with Crippen LogP contribution in [0, 0.1) is 0 Å². The van der Waals surface area contributed by atoms with Gasteiger partial charge in [0.2, 0.25) is 0 Å². The molecule has 0 saturated heterocycles. The third-order valence-electron chi connectivity index (χ3n) is 3.03. The molecule has 102 valence electrons. The Bertz CT molecular complexity index is 227. The van der Waals surface area contributed by atoms with Crippen molar-refractivity contribution >= 4 is 5.97 Å². The van der Waals surface area contributed by atoms with E-state index in [0.717, 1.165) is 25.9 Å². The minimum absolute atomic E-state index is 0.330. The highest BCUT2D eigenvalue weighted by Gasteiger charge is 2.28. The molecule has 0 aromatic rings. The molecule has 0 aliphatic rings. The van der Waals surface area contributed by atoms with Crippen LogP contribution in [0.5, 0.6) is 0 Å². The van der Waals surface area contributed by atoms with Crippen molar-refractivity contribution in [2.45, 2.75) is 58.5 Å². The number of carbonyl (C=O) groups excluding carboxylic acids is 1. The number of rotatable bonds is 8. The average Bonchev–Trinajstić information content (AvgIpc) is 2.26. The van der Waals surface area contributed by atoms with E-state index in [1.54, 1.807) is 6.92 Å². The molecular formula is C13H28N2O2. The number of nitrogens with two attached hydrogens (primary N) is 1. The summed E-state index contributed by atoms with van der Waals surface area (Å²) < 4.78 is 4.69. The van der Waals surface area contributed by atoms with E-state index in [1.165, 1.54) is 7.11 Å². The molecule has 0 heterocycles. The minimum Gasteiger partial charge on any atom is -0.468 e. The van der Waals surface area contributed by atoms with Gasteiger partial charge in [0, 0.05) is 6.04 Å². The Labute approximate surface area is 105 Å². The number of ether oxygens (including phenoxy) is 1. The molecule has 0 spiro atoms. The van der Waals surface area contributed by atoms with Gasteiger partial charge in [0.15, 0.2) is 0 Å². The van der Waals surface area contributed by atoms with Crippen LogP contribution in [0.3, 0.4) is 0 Å². The van der Waals surface area contributed by atoms with E-state index in [4.69, 9.17) is 5.73 Å². The molecule has 4 heteroatoms. The Kier molecular flexibility index (Phi) is 7.39. The van der Waals surface area contributed by atoms with Crippen LogP contribution in [-0.2, 0) is 9.53 Å². The lowest BCUT2D eigenvalue weighted by atomic mass is 9.97. The Hall–Kier alpha value is -0.610. The molecule has 0 bridgehead atoms. The molecule has 0 aromatic carbocycles. The van der Waals surface area contributed by atoms with Gasteiger partial charge in [-0.05, 0) is 53.1 Å². The highest BCUT2D eigenvalue weighted by atomic mass is 16.5. The molecule has 0 aliphatic heterocycles. The van der Waals surface area contributed by atoms with Gasteiger partial charge in [-0.15, -0.1) is 0 Å². The minimum atomic E-state index is -0.858. The molecule has 0 aliphatic carbocycles. The summed E-state index contributed by atoms with van der Waals surface area (Å²) in [6, 6.07) is 0.539. The molecule has 0 fully saturated rings. The summed E-state index contributed by atoms with van der Waals surface area (Å²) in [6.07, 6.45) is 2.72. The second kappa shape index (κ2) is 7.67. The van der Waals surface area contributed by atoms with Crippen molar-refractivity contribution in [2.24, 2.45) is 5.73 Å². The van der Waals surface area contributed by atoms with Gasteiger partial charge in [-0.1, -0.05) is 6.92 Å². The van der Waals surface area contributed by atoms with Crippen molar-refractivity contribution in [3.63, 3.8) is 0 Å². The van der Waals surface area contributed by atoms with Crippen LogP contribution in [0.25, 0.3) is 0 Å². The highest BCUT2D eigenvalue weighted by Crippen LogP contribution is 2.12. The fraction of sp³-hybridized carbons (Fsp3) is 0.923. The van der Waals surface area contributed by atoms with Gasteiger partial charge < -0.3 is 15.4 Å². The third-order valence-corrected chi connectivity index (χ3v) is 3.03. The zero-order chi connectivity index (χ0) is 13.5. The van der Waals surface area contributed by atoms with Crippen molar-refractivity contribution in [3.8, 4) is 0 Å². The first-order chi connectivity index (χ1) is 7.85. The molecule has 0 radical (unpaired) electrons. The first kappa shape index (κ1) is 16.4. The topological polar surface area (TPSA) is 55.6 Å². The zero-order valence-corrected chi connectivity index (χ0v) is 12.0. The van der Waals surface area contributed by atoms with Crippen molar-refractivity contribution in [1.82, 2.24) is 4.90 Å². The summed E-state index contributed by atoms with van der Waals surface area (Å²) in [6.45, 7) is 10.4. The first-order valence-electron chi connectivity index (χ1n) is 6.46. The predicted molar refractivity (Wildman–Crippen MR) is 70.8 cm³/mol. The van der Waals surface area contributed by atoms with Crippen molar-refractivity contribution in [3.05, 3.63) is 0 Å². The molecule has 1 atom stereocenters. The van der Waals surface area contributed by atoms with Crippen molar-refractivity contribution in [1.29, 1.82) is 0 Å². The van der Waals surface area contributed by atoms with Gasteiger partial charge in [0.1, 0.15) is 5.54 Å². The molecule has 17 heavy (non-hydrogen) atoms. The Morgan fingerprint density at radius 1 is 1.41 bits per heavy atom. The second-order valence-electron chi connectivity index (χ2n) is 5.14. The molecule has 0 rings (SSSR count). The lowest BCUT2D eigenvalue weighted by molar-refractivity contribution is -0.146. The quantitative estimate of drug-likeness (QED) is 0.661. The standard InChI is InChI=1S/C13H28N2O2/c1-6-9-15(11(2)3)10-7-8-13(4,14)12(16)17-5/h11H,6-10,14H2,1-5H3. The van der Waals surface area contributed by atoms with E-state index in [2.05, 4.69) is 30.4 Å². The third kappa shape index (κ3) is 6.03. The number of carbonyl (C=O) groups is 1. The molecule has 0 aromatic heterocycles. The molecule has 1 unspecified atom stereocenters. The monoisotopic (exact) mass is 244 g/mol. The van der Waals surface area contributed by atoms with E-state index >= 15 is 0 Å². The van der Waals surface area contributed by atoms with E-state index in [-0.39, 0.29) is 5.97 Å². The Morgan fingerprint density at radius 3 is 2.41 bits per heavy atom. The molecule has 2 N–H and O–H groups in total. The van der Waals surface area contributed by atoms with Crippen molar-refractivity contribution < 1.29 is 9.53 Å². The molecule has 0 saturated carbocycles. The Balaban J connectivity index is 4.07. The summed E-state index contributed by atoms with van der Waals surface area (Å²) in [4.78, 5) is 13.8. The van der Waals surface area contributed by atoms with Gasteiger partial charge in [0.25, 0.3) is 0 Å². The van der Waals surface area contributed by atoms with Gasteiger partial charge in [-0.3, -0.25) is 4.79 Å². The van der Waals surface area contributed by atoms with Gasteiger partial charge in [0.05, 0.1) is 7.11 Å². The Morgan fingerprint density at radius 2 is 2.00 bits per heavy atom. The van der Waals surface area contributed by atoms with Crippen LogP contribution in [0.1, 0.15) is 47.0 Å². The number of esters is 1. The van der Waals surface area contributed by atoms with E-state index in [1.807, 2.05) is 0 Å². The van der Waals surface area contributed by atoms with Crippen molar-refractivity contribution in [2.75, 3.05) is 20.2 Å². The summed E-state index contributed by atoms with van der Waals surface area (Å²) in [5, 5.41) is 0. The summed E-state index contributed by atoms with van der Waals surface area (Å²) in [5.41, 5.74) is 5.06. The average molecular weight is 244 g/mol. The number of hydrogen-bond donors (Lipinski definition) is 1. The largest absolute Gasteiger partial charge is 0.468 e. The lowest BCUT2D eigenvalue weighted by Gasteiger charge is -2.28. The maximum absolute atomic E-state index is 11.4. The maximum atomic E-state index is 11.4. The zero-order valence-electron chi connectivity index (χ0n) is 12.0. The van der Waals surface area contributed by atoms with E-state index in [9.17, 15) is 4.79 Å². The number of nitrogens with zero attached hydrogens (tertiary/aromatic N) is 1. The summed E-state index contributed by atoms with van der Waals surface area (Å²) in [7, 11) is 1.38. The van der Waals surface area contributed by atoms with Crippen LogP contribution in [0.2, 0.25) is 0 Å². The fourth-order valence-electron chi connectivity index (χ4n) is 1.90. The van der Waals surface area contributed by atoms with Gasteiger partial charge in [-0.2, -0.15) is 0 Å². The summed E-state index contributed by atoms with van der Waals surface area (Å²) >= 11 is 0. The van der Waals surface area contributed by atoms with Gasteiger partial charge in [-0.25, -0.2) is 0 Å². The first-order valence-corrected chi connectivity index (χ1v) is 6.46. The van der Waals surface area contributed by atoms with Crippen LogP contribution < -0.4 is 5.73 Å². The molecule has 0 amide bonds. The van der Waals surface area contributed by atoms with E-state index in [0.29, 0.717) is 12.5 Å². The maximum Gasteiger partial charge on any atom is 0.325 e. The fourth-order valence-corrected chi connectivity index (χ4v) is 1.90. The lowest BCUT2D eigenvalue weighted by Crippen LogP contribution is -2.46. The summed E-state index contributed by atoms with van der Waals surface area (Å²) in [5.74, 6) is -0.330. The van der Waals surface area contributed by atoms with E-state index < -0.39 is 5.54 Å². The second-order valence-corrected chi connectivity index (χ2v) is 5.14. The van der Waals surface area contributed by atoms with Crippen LogP contribution in [0.15, 0.2) is 0 Å². The van der Waals surface area contributed by atoms with Crippen LogP contribution in [-0.4, -0.2) is 42.6 Å². The number of methoxy groups -OCH3 is 1. The predicted octanol–water partition coefficient (Wildman–Crippen LogP) is 1.78. The SMILES string of the molecule is CCCN(CCCC(C)(N)C(=O)OC)C(C)C. The van der Waals surface area contributed by atoms with Crippen LogP contribution >= 0.6 is 0 Å². The highest BCUT2D eigenvalue weighted by molar-refractivity contribution is 5.79. The molecule has 4 nitrogen and oxygen atoms in total. The van der Waals surface area contributed by atoms with Crippen LogP contribution in [0.4, 0.5) is 0 Å². The normalized spacial score (nSPS) is 15.1.